The number of aromatic nitrogens is 1. The molecule has 3 fully saturated rings. The Balaban J connectivity index is 1.63. The van der Waals surface area contributed by atoms with Gasteiger partial charge in [-0.05, 0) is 86.1 Å². The van der Waals surface area contributed by atoms with Crippen molar-refractivity contribution in [3.8, 4) is 5.88 Å². The molecule has 0 radical (unpaired) electrons. The summed E-state index contributed by atoms with van der Waals surface area (Å²) in [5.41, 5.74) is 3.29. The van der Waals surface area contributed by atoms with Gasteiger partial charge in [0.1, 0.15) is 12.1 Å². The zero-order valence-corrected chi connectivity index (χ0v) is 27.7. The fourth-order valence-corrected chi connectivity index (χ4v) is 7.31. The maximum absolute atomic E-state index is 14.5. The average Bonchev–Trinajstić information content (AvgIpc) is 3.32. The number of benzene rings is 1. The number of pyridine rings is 1. The van der Waals surface area contributed by atoms with Crippen molar-refractivity contribution in [2.45, 2.75) is 110 Å². The number of likely N-dealkylation sites (tertiary alicyclic amines) is 1. The lowest BCUT2D eigenvalue weighted by atomic mass is 9.73. The zero-order chi connectivity index (χ0) is 31.6. The average molecular weight is 627 g/mol. The molecule has 1 amide bonds. The van der Waals surface area contributed by atoms with Gasteiger partial charge in [-0.25, -0.2) is 9.78 Å². The van der Waals surface area contributed by atoms with Crippen LogP contribution in [0.4, 0.5) is 0 Å². The van der Waals surface area contributed by atoms with E-state index in [1.54, 1.807) is 18.9 Å². The molecular weight excluding hydrogens is 580 g/mol. The summed E-state index contributed by atoms with van der Waals surface area (Å²) < 4.78 is 24.3. The van der Waals surface area contributed by atoms with Gasteiger partial charge in [0, 0.05) is 29.3 Å². The Morgan fingerprint density at radius 1 is 1.14 bits per heavy atom. The highest BCUT2D eigenvalue weighted by Crippen LogP contribution is 2.51. The van der Waals surface area contributed by atoms with Crippen molar-refractivity contribution in [2.75, 3.05) is 20.3 Å². The van der Waals surface area contributed by atoms with Crippen LogP contribution in [0.2, 0.25) is 5.02 Å². The standard InChI is InChI=1S/C35H47ClN2O6/c1-7-42-34(40)30-28(35(3,4)5)31(44-20-24-18-23(22-12-10-13-22)19-37-32(24)41-6)29(25-14-11-15-26(36)21(25)2)38(30)33(39)27-16-8-9-17-43-27/h11,14-15,18-19,22,27-31H,7-10,12-13,16-17,20H2,1-6H3/t27-,28+,29-,30-,31-/m0/s1. The molecule has 1 saturated carbocycles. The van der Waals surface area contributed by atoms with E-state index in [-0.39, 0.29) is 19.1 Å². The third-order valence-corrected chi connectivity index (χ3v) is 10.0. The van der Waals surface area contributed by atoms with Gasteiger partial charge < -0.3 is 23.8 Å². The first-order valence-corrected chi connectivity index (χ1v) is 16.4. The van der Waals surface area contributed by atoms with Crippen LogP contribution in [0.15, 0.2) is 30.5 Å². The molecule has 2 aromatic rings. The molecule has 0 bridgehead atoms. The molecule has 2 saturated heterocycles. The minimum absolute atomic E-state index is 0.206. The molecule has 8 nitrogen and oxygen atoms in total. The highest BCUT2D eigenvalue weighted by Gasteiger charge is 2.60. The maximum atomic E-state index is 14.5. The number of amides is 1. The van der Waals surface area contributed by atoms with E-state index >= 15 is 0 Å². The summed E-state index contributed by atoms with van der Waals surface area (Å²) in [5.74, 6) is -0.0255. The predicted molar refractivity (Wildman–Crippen MR) is 169 cm³/mol. The number of methoxy groups -OCH3 is 1. The second kappa shape index (κ2) is 13.8. The molecule has 2 aliphatic heterocycles. The van der Waals surface area contributed by atoms with E-state index in [0.717, 1.165) is 42.4 Å². The third-order valence-electron chi connectivity index (χ3n) is 9.62. The van der Waals surface area contributed by atoms with Crippen molar-refractivity contribution in [1.82, 2.24) is 9.88 Å². The van der Waals surface area contributed by atoms with E-state index in [4.69, 9.17) is 30.5 Å². The van der Waals surface area contributed by atoms with Crippen LogP contribution in [-0.4, -0.2) is 60.3 Å². The van der Waals surface area contributed by atoms with E-state index in [1.165, 1.54) is 12.0 Å². The Kier molecular flexibility index (Phi) is 10.2. The Morgan fingerprint density at radius 3 is 2.52 bits per heavy atom. The highest BCUT2D eigenvalue weighted by molar-refractivity contribution is 6.31. The molecule has 5 atom stereocenters. The largest absolute Gasteiger partial charge is 0.481 e. The van der Waals surface area contributed by atoms with Crippen LogP contribution in [0.1, 0.15) is 100 Å². The molecule has 0 N–H and O–H groups in total. The quantitative estimate of drug-likeness (QED) is 0.278. The SMILES string of the molecule is CCOC(=O)[C@@H]1[C@@H](C(C)(C)C)[C@H](OCc2cc(C3CCC3)cnc2OC)[C@H](c2cccc(Cl)c2C)N1C(=O)[C@@H]1CCCCO1. The Morgan fingerprint density at radius 2 is 1.91 bits per heavy atom. The molecule has 44 heavy (non-hydrogen) atoms. The Labute approximate surface area is 266 Å². The van der Waals surface area contributed by atoms with Gasteiger partial charge in [-0.3, -0.25) is 4.79 Å². The molecule has 0 unspecified atom stereocenters. The number of nitrogens with zero attached hydrogens (tertiary/aromatic N) is 2. The lowest BCUT2D eigenvalue weighted by Gasteiger charge is -2.36. The second-order valence-corrected chi connectivity index (χ2v) is 13.8. The van der Waals surface area contributed by atoms with Gasteiger partial charge in [0.05, 0.1) is 32.5 Å². The van der Waals surface area contributed by atoms with Crippen LogP contribution in [0, 0.1) is 18.3 Å². The number of rotatable bonds is 9. The first kappa shape index (κ1) is 32.7. The van der Waals surface area contributed by atoms with Crippen LogP contribution in [-0.2, 0) is 30.4 Å². The number of hydrogen-bond acceptors (Lipinski definition) is 7. The number of halogens is 1. The minimum atomic E-state index is -0.873. The molecule has 5 rings (SSSR count). The van der Waals surface area contributed by atoms with Crippen LogP contribution in [0.25, 0.3) is 0 Å². The maximum Gasteiger partial charge on any atom is 0.329 e. The summed E-state index contributed by atoms with van der Waals surface area (Å²) in [6.45, 7) is 10.9. The first-order chi connectivity index (χ1) is 21.1. The number of esters is 1. The second-order valence-electron chi connectivity index (χ2n) is 13.4. The van der Waals surface area contributed by atoms with Gasteiger partial charge in [0.15, 0.2) is 0 Å². The van der Waals surface area contributed by atoms with E-state index in [0.29, 0.717) is 29.8 Å². The summed E-state index contributed by atoms with van der Waals surface area (Å²) >= 11 is 6.68. The van der Waals surface area contributed by atoms with E-state index in [1.807, 2.05) is 31.3 Å². The van der Waals surface area contributed by atoms with Crippen molar-refractivity contribution < 1.29 is 28.5 Å². The molecule has 3 aliphatic rings. The van der Waals surface area contributed by atoms with Crippen molar-refractivity contribution in [2.24, 2.45) is 11.3 Å². The monoisotopic (exact) mass is 626 g/mol. The highest BCUT2D eigenvalue weighted by atomic mass is 35.5. The predicted octanol–water partition coefficient (Wildman–Crippen LogP) is 6.95. The minimum Gasteiger partial charge on any atom is -0.481 e. The summed E-state index contributed by atoms with van der Waals surface area (Å²) in [6, 6.07) is 6.38. The molecular formula is C35H47ClN2O6. The van der Waals surface area contributed by atoms with Gasteiger partial charge in [0.2, 0.25) is 5.88 Å². The van der Waals surface area contributed by atoms with Crippen LogP contribution in [0.5, 0.6) is 5.88 Å². The van der Waals surface area contributed by atoms with E-state index in [9.17, 15) is 9.59 Å². The van der Waals surface area contributed by atoms with Crippen molar-refractivity contribution in [3.05, 3.63) is 57.7 Å². The lowest BCUT2D eigenvalue weighted by molar-refractivity contribution is -0.162. The summed E-state index contributed by atoms with van der Waals surface area (Å²) in [6.07, 6.45) is 6.64. The Bertz CT molecular complexity index is 1330. The molecule has 1 aliphatic carbocycles. The van der Waals surface area contributed by atoms with E-state index < -0.39 is 41.6 Å². The summed E-state index contributed by atoms with van der Waals surface area (Å²) in [5, 5.41) is 0.591. The lowest BCUT2D eigenvalue weighted by Crippen LogP contribution is -2.51. The number of carbonyl (C=O) groups is 2. The molecule has 1 aromatic heterocycles. The summed E-state index contributed by atoms with van der Waals surface area (Å²) in [7, 11) is 1.61. The zero-order valence-electron chi connectivity index (χ0n) is 26.9. The van der Waals surface area contributed by atoms with E-state index in [2.05, 4.69) is 31.8 Å². The number of carbonyl (C=O) groups excluding carboxylic acids is 2. The van der Waals surface area contributed by atoms with Crippen molar-refractivity contribution in [1.29, 1.82) is 0 Å². The first-order valence-electron chi connectivity index (χ1n) is 16.1. The third kappa shape index (κ3) is 6.49. The Hall–Kier alpha value is -2.68. The smallest absolute Gasteiger partial charge is 0.329 e. The van der Waals surface area contributed by atoms with Gasteiger partial charge in [0.25, 0.3) is 5.91 Å². The fraction of sp³-hybridized carbons (Fsp3) is 0.629. The van der Waals surface area contributed by atoms with Crippen molar-refractivity contribution >= 4 is 23.5 Å². The fourth-order valence-electron chi connectivity index (χ4n) is 7.13. The molecule has 9 heteroatoms. The van der Waals surface area contributed by atoms with Crippen molar-refractivity contribution in [3.63, 3.8) is 0 Å². The van der Waals surface area contributed by atoms with Crippen LogP contribution >= 0.6 is 11.6 Å². The summed E-state index contributed by atoms with van der Waals surface area (Å²) in [4.78, 5) is 34.8. The topological polar surface area (TPSA) is 87.2 Å². The molecule has 0 spiro atoms. The van der Waals surface area contributed by atoms with Crippen LogP contribution in [0.3, 0.4) is 0 Å². The van der Waals surface area contributed by atoms with Gasteiger partial charge in [-0.2, -0.15) is 0 Å². The molecule has 240 valence electrons. The normalized spacial score (nSPS) is 25.9. The van der Waals surface area contributed by atoms with Gasteiger partial charge >= 0.3 is 5.97 Å². The van der Waals surface area contributed by atoms with Gasteiger partial charge in [-0.1, -0.05) is 50.9 Å². The molecule has 3 heterocycles. The molecule has 1 aromatic carbocycles. The number of ether oxygens (including phenoxy) is 4. The van der Waals surface area contributed by atoms with Gasteiger partial charge in [-0.15, -0.1) is 0 Å². The van der Waals surface area contributed by atoms with Crippen LogP contribution < -0.4 is 4.74 Å². The number of hydrogen-bond donors (Lipinski definition) is 0.